The maximum Gasteiger partial charge on any atom is 0.338 e. The third-order valence-corrected chi connectivity index (χ3v) is 9.19. The predicted octanol–water partition coefficient (Wildman–Crippen LogP) is 6.96. The number of ether oxygens (including phenoxy) is 3. The van der Waals surface area contributed by atoms with Crippen LogP contribution in [0.15, 0.2) is 59.1 Å². The third-order valence-electron chi connectivity index (χ3n) is 8.28. The van der Waals surface area contributed by atoms with Crippen molar-refractivity contribution in [2.75, 3.05) is 39.1 Å². The van der Waals surface area contributed by atoms with Crippen molar-refractivity contribution in [3.8, 4) is 5.75 Å². The molecule has 2 N–H and O–H groups in total. The summed E-state index contributed by atoms with van der Waals surface area (Å²) < 4.78 is 18.5. The molecule has 1 fully saturated rings. The number of halogens is 2. The molecule has 9 nitrogen and oxygen atoms in total. The molecule has 0 unspecified atom stereocenters. The third kappa shape index (κ3) is 7.74. The first-order chi connectivity index (χ1) is 22.2. The van der Waals surface area contributed by atoms with Crippen molar-refractivity contribution in [2.24, 2.45) is 0 Å². The number of nitrogens with two attached hydrogens (primary N) is 1. The van der Waals surface area contributed by atoms with E-state index in [0.717, 1.165) is 31.5 Å². The molecule has 0 radical (unpaired) electrons. The Kier molecular flexibility index (Phi) is 11.0. The van der Waals surface area contributed by atoms with Gasteiger partial charge in [0.15, 0.2) is 0 Å². The number of hydrogen-bond donors (Lipinski definition) is 1. The fraction of sp³-hybridized carbons (Fsp3) is 0.343. The van der Waals surface area contributed by atoms with Crippen LogP contribution in [0.2, 0.25) is 5.02 Å². The first-order valence-electron chi connectivity index (χ1n) is 15.3. The summed E-state index contributed by atoms with van der Waals surface area (Å²) in [6.07, 6.45) is 4.68. The Balaban J connectivity index is 1.23. The summed E-state index contributed by atoms with van der Waals surface area (Å²) in [7, 11) is 1.55. The summed E-state index contributed by atoms with van der Waals surface area (Å²) in [6, 6.07) is 15.4. The van der Waals surface area contributed by atoms with Gasteiger partial charge in [0, 0.05) is 32.7 Å². The molecule has 0 aliphatic carbocycles. The van der Waals surface area contributed by atoms with Crippen LogP contribution < -0.4 is 10.5 Å². The Morgan fingerprint density at radius 1 is 0.913 bits per heavy atom. The summed E-state index contributed by atoms with van der Waals surface area (Å²) in [5, 5.41) is 1.23. The van der Waals surface area contributed by atoms with Gasteiger partial charge in [0.2, 0.25) is 0 Å². The molecule has 1 saturated heterocycles. The second kappa shape index (κ2) is 15.2. The van der Waals surface area contributed by atoms with Gasteiger partial charge in [0.25, 0.3) is 5.91 Å². The van der Waals surface area contributed by atoms with Gasteiger partial charge in [-0.1, -0.05) is 24.4 Å². The van der Waals surface area contributed by atoms with Crippen LogP contribution in [0, 0.1) is 6.92 Å². The van der Waals surface area contributed by atoms with Crippen molar-refractivity contribution in [1.82, 2.24) is 9.47 Å². The molecule has 46 heavy (non-hydrogen) atoms. The van der Waals surface area contributed by atoms with Crippen molar-refractivity contribution in [2.45, 2.75) is 45.6 Å². The van der Waals surface area contributed by atoms with Gasteiger partial charge < -0.3 is 19.9 Å². The normalized spacial score (nSPS) is 13.7. The molecule has 3 aromatic carbocycles. The van der Waals surface area contributed by atoms with E-state index in [0.29, 0.717) is 60.8 Å². The average molecular weight is 711 g/mol. The van der Waals surface area contributed by atoms with E-state index in [-0.39, 0.29) is 25.5 Å². The highest BCUT2D eigenvalue weighted by Crippen LogP contribution is 2.31. The average Bonchev–Trinajstić information content (AvgIpc) is 3.17. The number of nitrogen functional groups attached to an aromatic ring is 1. The van der Waals surface area contributed by atoms with E-state index in [2.05, 4.69) is 20.8 Å². The number of likely N-dealkylation sites (tertiary alicyclic amines) is 1. The quantitative estimate of drug-likeness (QED) is 0.107. The summed E-state index contributed by atoms with van der Waals surface area (Å²) in [6.45, 7) is 4.23. The molecule has 1 aliphatic rings. The first kappa shape index (κ1) is 33.5. The summed E-state index contributed by atoms with van der Waals surface area (Å²) in [5.41, 5.74) is 10.5. The van der Waals surface area contributed by atoms with Crippen LogP contribution in [-0.2, 0) is 27.2 Å². The SMILES string of the molecule is COc1ccc2c(c1)c(CC(=O)OCCOC(=O)c1cc(Br)c(N)c(CN3CCCCCC3)c1)c(C)n2C(=O)c1ccc(Cl)cc1. The number of aromatic nitrogens is 1. The molecule has 0 amide bonds. The minimum absolute atomic E-state index is 0.0882. The zero-order valence-electron chi connectivity index (χ0n) is 25.9. The minimum Gasteiger partial charge on any atom is -0.497 e. The minimum atomic E-state index is -0.527. The van der Waals surface area contributed by atoms with Gasteiger partial charge in [-0.3, -0.25) is 19.1 Å². The second-order valence-corrected chi connectivity index (χ2v) is 12.6. The first-order valence-corrected chi connectivity index (χ1v) is 16.4. The van der Waals surface area contributed by atoms with Crippen molar-refractivity contribution in [3.63, 3.8) is 0 Å². The number of benzene rings is 3. The molecule has 242 valence electrons. The number of hydrogen-bond acceptors (Lipinski definition) is 8. The molecular weight excluding hydrogens is 674 g/mol. The molecule has 0 atom stereocenters. The second-order valence-electron chi connectivity index (χ2n) is 11.3. The molecule has 11 heteroatoms. The van der Waals surface area contributed by atoms with Crippen molar-refractivity contribution < 1.29 is 28.6 Å². The van der Waals surface area contributed by atoms with Crippen LogP contribution in [0.4, 0.5) is 5.69 Å². The number of carbonyl (C=O) groups excluding carboxylic acids is 3. The Morgan fingerprint density at radius 2 is 1.61 bits per heavy atom. The highest BCUT2D eigenvalue weighted by Gasteiger charge is 2.23. The molecule has 0 saturated carbocycles. The Morgan fingerprint density at radius 3 is 2.30 bits per heavy atom. The van der Waals surface area contributed by atoms with E-state index in [1.54, 1.807) is 73.2 Å². The van der Waals surface area contributed by atoms with Gasteiger partial charge in [0.05, 0.1) is 30.3 Å². The topological polar surface area (TPSA) is 113 Å². The number of carbonyl (C=O) groups is 3. The van der Waals surface area contributed by atoms with Gasteiger partial charge in [-0.2, -0.15) is 0 Å². The van der Waals surface area contributed by atoms with E-state index in [1.165, 1.54) is 12.8 Å². The van der Waals surface area contributed by atoms with Crippen LogP contribution >= 0.6 is 27.5 Å². The van der Waals surface area contributed by atoms with Gasteiger partial charge >= 0.3 is 11.9 Å². The largest absolute Gasteiger partial charge is 0.497 e. The molecule has 0 spiro atoms. The Hall–Kier alpha value is -3.86. The van der Waals surface area contributed by atoms with Crippen LogP contribution in [0.5, 0.6) is 5.75 Å². The molecule has 5 rings (SSSR count). The van der Waals surface area contributed by atoms with Crippen LogP contribution in [-0.4, -0.2) is 60.7 Å². The molecule has 2 heterocycles. The fourth-order valence-corrected chi connectivity index (χ4v) is 6.45. The number of methoxy groups -OCH3 is 1. The number of anilines is 1. The Labute approximate surface area is 281 Å². The fourth-order valence-electron chi connectivity index (χ4n) is 5.82. The van der Waals surface area contributed by atoms with E-state index in [1.807, 2.05) is 0 Å². The maximum absolute atomic E-state index is 13.5. The van der Waals surface area contributed by atoms with E-state index >= 15 is 0 Å². The van der Waals surface area contributed by atoms with E-state index in [9.17, 15) is 14.4 Å². The van der Waals surface area contributed by atoms with Crippen LogP contribution in [0.3, 0.4) is 0 Å². The number of esters is 2. The zero-order chi connectivity index (χ0) is 32.8. The highest BCUT2D eigenvalue weighted by molar-refractivity contribution is 9.10. The maximum atomic E-state index is 13.5. The van der Waals surface area contributed by atoms with Crippen molar-refractivity contribution in [1.29, 1.82) is 0 Å². The standard InChI is InChI=1S/C35H37BrClN3O6/c1-22-28(29-19-27(44-2)11-12-31(29)40(22)34(42)23-7-9-26(37)10-8-23)20-32(41)45-15-16-46-35(43)24-17-25(33(38)30(36)18-24)21-39-13-5-3-4-6-14-39/h7-12,17-19H,3-6,13-16,20-21,38H2,1-2H3. The van der Waals surface area contributed by atoms with E-state index < -0.39 is 11.9 Å². The highest BCUT2D eigenvalue weighted by atomic mass is 79.9. The smallest absolute Gasteiger partial charge is 0.338 e. The monoisotopic (exact) mass is 709 g/mol. The van der Waals surface area contributed by atoms with Gasteiger partial charge in [-0.05, 0) is 115 Å². The molecule has 1 aliphatic heterocycles. The Bertz CT molecular complexity index is 1750. The summed E-state index contributed by atoms with van der Waals surface area (Å²) in [4.78, 5) is 41.8. The van der Waals surface area contributed by atoms with Crippen LogP contribution in [0.25, 0.3) is 10.9 Å². The number of rotatable bonds is 10. The van der Waals surface area contributed by atoms with Crippen molar-refractivity contribution >= 4 is 62.0 Å². The lowest BCUT2D eigenvalue weighted by molar-refractivity contribution is -0.143. The number of nitrogens with zero attached hydrogens (tertiary/aromatic N) is 2. The summed E-state index contributed by atoms with van der Waals surface area (Å²) in [5.74, 6) is -0.704. The molecular formula is C35H37BrClN3O6. The van der Waals surface area contributed by atoms with Gasteiger partial charge in [0.1, 0.15) is 19.0 Å². The lowest BCUT2D eigenvalue weighted by Crippen LogP contribution is -2.25. The summed E-state index contributed by atoms with van der Waals surface area (Å²) >= 11 is 9.50. The lowest BCUT2D eigenvalue weighted by Gasteiger charge is -2.21. The molecule has 1 aromatic heterocycles. The van der Waals surface area contributed by atoms with Gasteiger partial charge in [-0.15, -0.1) is 0 Å². The van der Waals surface area contributed by atoms with Gasteiger partial charge in [-0.25, -0.2) is 4.79 Å². The van der Waals surface area contributed by atoms with Crippen molar-refractivity contribution in [3.05, 3.63) is 92.0 Å². The molecule has 4 aromatic rings. The van der Waals surface area contributed by atoms with Crippen LogP contribution in [0.1, 0.15) is 63.2 Å². The zero-order valence-corrected chi connectivity index (χ0v) is 28.3. The van der Waals surface area contributed by atoms with E-state index in [4.69, 9.17) is 31.5 Å². The lowest BCUT2D eigenvalue weighted by atomic mass is 10.1. The number of fused-ring (bicyclic) bond motifs is 1. The predicted molar refractivity (Wildman–Crippen MR) is 182 cm³/mol. The molecule has 0 bridgehead atoms.